The number of piperazine rings is 1. The van der Waals surface area contributed by atoms with Crippen LogP contribution in [-0.4, -0.2) is 61.1 Å². The van der Waals surface area contributed by atoms with Gasteiger partial charge in [-0.25, -0.2) is 0 Å². The zero-order chi connectivity index (χ0) is 31.6. The van der Waals surface area contributed by atoms with Gasteiger partial charge in [-0.05, 0) is 59.7 Å². The summed E-state index contributed by atoms with van der Waals surface area (Å²) < 4.78 is 24.4. The molecule has 3 heterocycles. The largest absolute Gasteiger partial charge is 0.454 e. The van der Waals surface area contributed by atoms with Gasteiger partial charge in [0.2, 0.25) is 13.6 Å². The average Bonchev–Trinajstić information content (AvgIpc) is 3.76. The van der Waals surface area contributed by atoms with Crippen molar-refractivity contribution in [1.29, 1.82) is 0 Å². The Bertz CT molecular complexity index is 1610. The van der Waals surface area contributed by atoms with E-state index >= 15 is 0 Å². The number of benzene rings is 4. The van der Waals surface area contributed by atoms with Crippen molar-refractivity contribution in [3.8, 4) is 23.0 Å². The molecule has 1 saturated heterocycles. The first-order valence-corrected chi connectivity index (χ1v) is 16.8. The van der Waals surface area contributed by atoms with E-state index in [2.05, 4.69) is 41.7 Å². The third kappa shape index (κ3) is 6.71. The van der Waals surface area contributed by atoms with Crippen LogP contribution in [0.25, 0.3) is 0 Å². The second-order valence-electron chi connectivity index (χ2n) is 11.6. The molecule has 0 radical (unpaired) electrons. The second-order valence-corrected chi connectivity index (χ2v) is 13.4. The highest BCUT2D eigenvalue weighted by molar-refractivity contribution is 9.10. The highest BCUT2D eigenvalue weighted by atomic mass is 79.9. The lowest BCUT2D eigenvalue weighted by atomic mass is 9.94. The number of ether oxygens (including phenoxy) is 4. The molecule has 3 aliphatic rings. The molecule has 10 heteroatoms. The number of carbonyl (C=O) groups is 2. The predicted molar refractivity (Wildman–Crippen MR) is 180 cm³/mol. The first-order valence-electron chi connectivity index (χ1n) is 15.3. The molecule has 46 heavy (non-hydrogen) atoms. The molecule has 8 nitrogen and oxygen atoms in total. The minimum atomic E-state index is -0.152. The van der Waals surface area contributed by atoms with Crippen LogP contribution in [0.3, 0.4) is 0 Å². The molecule has 0 saturated carbocycles. The summed E-state index contributed by atoms with van der Waals surface area (Å²) in [6, 6.07) is 26.6. The molecule has 3 aliphatic heterocycles. The van der Waals surface area contributed by atoms with Gasteiger partial charge in [-0.2, -0.15) is 0 Å². The first kappa shape index (κ1) is 30.9. The number of Topliss-reactive ketones (excluding diaryl/α,β-unsaturated/α-hetero) is 2. The predicted octanol–water partition coefficient (Wildman–Crippen LogP) is 7.62. The van der Waals surface area contributed by atoms with Crippen LogP contribution in [0.5, 0.6) is 23.0 Å². The lowest BCUT2D eigenvalue weighted by Crippen LogP contribution is -2.49. The Labute approximate surface area is 284 Å². The lowest BCUT2D eigenvalue weighted by Gasteiger charge is -2.42. The van der Waals surface area contributed by atoms with Crippen molar-refractivity contribution in [3.63, 3.8) is 0 Å². The molecule has 2 atom stereocenters. The van der Waals surface area contributed by atoms with E-state index in [1.165, 1.54) is 0 Å². The highest BCUT2D eigenvalue weighted by Crippen LogP contribution is 2.40. The molecule has 0 spiro atoms. The van der Waals surface area contributed by atoms with Gasteiger partial charge in [0.1, 0.15) is 0 Å². The van der Waals surface area contributed by atoms with Crippen molar-refractivity contribution in [2.24, 2.45) is 0 Å². The van der Waals surface area contributed by atoms with Crippen LogP contribution in [0, 0.1) is 0 Å². The summed E-state index contributed by atoms with van der Waals surface area (Å²) in [6.07, 6.45) is 0.657. The Hall–Kier alpha value is -3.70. The van der Waals surface area contributed by atoms with Crippen molar-refractivity contribution in [2.45, 2.75) is 24.9 Å². The number of ketones is 2. The minimum absolute atomic E-state index is 0.0796. The average molecular weight is 748 g/mol. The molecule has 4 aromatic rings. The van der Waals surface area contributed by atoms with Gasteiger partial charge in [0.25, 0.3) is 0 Å². The fraction of sp³-hybridized carbons (Fsp3) is 0.278. The zero-order valence-electron chi connectivity index (χ0n) is 25.0. The van der Waals surface area contributed by atoms with Gasteiger partial charge in [-0.15, -0.1) is 0 Å². The van der Waals surface area contributed by atoms with Gasteiger partial charge < -0.3 is 18.9 Å². The topological polar surface area (TPSA) is 77.5 Å². The van der Waals surface area contributed by atoms with Crippen LogP contribution >= 0.6 is 31.9 Å². The quantitative estimate of drug-likeness (QED) is 0.154. The van der Waals surface area contributed by atoms with Crippen molar-refractivity contribution in [3.05, 3.63) is 116 Å². The fourth-order valence-corrected chi connectivity index (χ4v) is 6.90. The molecule has 0 aromatic heterocycles. The number of nitrogens with zero attached hydrogens (tertiary/aromatic N) is 2. The molecule has 7 rings (SSSR count). The van der Waals surface area contributed by atoms with Crippen molar-refractivity contribution < 1.29 is 28.5 Å². The van der Waals surface area contributed by atoms with Crippen LogP contribution < -0.4 is 18.9 Å². The molecule has 1 fully saturated rings. The number of fused-ring (bicyclic) bond motifs is 2. The van der Waals surface area contributed by atoms with E-state index in [0.717, 1.165) is 46.3 Å². The Morgan fingerprint density at radius 2 is 0.913 bits per heavy atom. The van der Waals surface area contributed by atoms with Gasteiger partial charge in [0.15, 0.2) is 34.6 Å². The number of halogens is 2. The molecule has 0 bridgehead atoms. The molecule has 0 amide bonds. The smallest absolute Gasteiger partial charge is 0.231 e. The first-order chi connectivity index (χ1) is 22.4. The van der Waals surface area contributed by atoms with Crippen LogP contribution in [0.2, 0.25) is 0 Å². The molecule has 236 valence electrons. The van der Waals surface area contributed by atoms with E-state index in [9.17, 15) is 9.59 Å². The number of hydrogen-bond donors (Lipinski definition) is 0. The van der Waals surface area contributed by atoms with E-state index in [1.807, 2.05) is 84.9 Å². The third-order valence-electron chi connectivity index (χ3n) is 8.88. The van der Waals surface area contributed by atoms with E-state index in [-0.39, 0.29) is 37.2 Å². The second kappa shape index (κ2) is 13.6. The van der Waals surface area contributed by atoms with Crippen LogP contribution in [0.1, 0.15) is 56.8 Å². The Morgan fingerprint density at radius 1 is 0.543 bits per heavy atom. The van der Waals surface area contributed by atoms with Gasteiger partial charge >= 0.3 is 0 Å². The van der Waals surface area contributed by atoms with Crippen molar-refractivity contribution >= 4 is 43.4 Å². The summed E-state index contributed by atoms with van der Waals surface area (Å²) >= 11 is 6.93. The monoisotopic (exact) mass is 746 g/mol. The normalized spacial score (nSPS) is 17.1. The summed E-state index contributed by atoms with van der Waals surface area (Å²) in [6.45, 7) is 3.28. The lowest BCUT2D eigenvalue weighted by molar-refractivity contribution is 0.0557. The van der Waals surface area contributed by atoms with E-state index in [1.54, 1.807) is 0 Å². The maximum Gasteiger partial charge on any atom is 0.231 e. The molecule has 0 N–H and O–H groups in total. The maximum absolute atomic E-state index is 13.6. The zero-order valence-corrected chi connectivity index (χ0v) is 28.2. The summed E-state index contributed by atoms with van der Waals surface area (Å²) in [7, 11) is 0. The standard InChI is InChI=1S/C36H32Br2N2O6/c37-27-7-1-23(2-8-27)31(41)19-29(25-5-11-33-35(17-25)45-21-43-33)39-13-15-40(16-14-39)30(20-32(42)24-3-9-28(38)10-4-24)26-6-12-34-36(18-26)46-22-44-34/h1-12,17-18,29-30H,13-16,19-22H2/t29-,30-/m0/s1. The fourth-order valence-electron chi connectivity index (χ4n) is 6.38. The van der Waals surface area contributed by atoms with Gasteiger partial charge in [0, 0.05) is 71.2 Å². The highest BCUT2D eigenvalue weighted by Gasteiger charge is 2.33. The number of hydrogen-bond acceptors (Lipinski definition) is 8. The summed E-state index contributed by atoms with van der Waals surface area (Å²) in [4.78, 5) is 31.9. The van der Waals surface area contributed by atoms with Crippen LogP contribution in [-0.2, 0) is 0 Å². The SMILES string of the molecule is O=C(C[C@@H](c1ccc2c(c1)OCO2)N1CCN([C@@H](CC(=O)c2ccc(Br)cc2)c2ccc3c(c2)OCO3)CC1)c1ccc(Br)cc1. The number of carbonyl (C=O) groups excluding carboxylic acids is 2. The maximum atomic E-state index is 13.6. The summed E-state index contributed by atoms with van der Waals surface area (Å²) in [5, 5.41) is 0. The van der Waals surface area contributed by atoms with Gasteiger partial charge in [-0.1, -0.05) is 68.3 Å². The Morgan fingerprint density at radius 3 is 1.30 bits per heavy atom. The minimum Gasteiger partial charge on any atom is -0.454 e. The summed E-state index contributed by atoms with van der Waals surface area (Å²) in [5.74, 6) is 2.99. The van der Waals surface area contributed by atoms with Gasteiger partial charge in [-0.3, -0.25) is 19.4 Å². The molecule has 4 aromatic carbocycles. The molecule has 0 aliphatic carbocycles. The van der Waals surface area contributed by atoms with E-state index in [0.29, 0.717) is 47.0 Å². The number of rotatable bonds is 10. The third-order valence-corrected chi connectivity index (χ3v) is 9.94. The van der Waals surface area contributed by atoms with Gasteiger partial charge in [0.05, 0.1) is 0 Å². The summed E-state index contributed by atoms with van der Waals surface area (Å²) in [5.41, 5.74) is 3.39. The molecule has 0 unspecified atom stereocenters. The Kier molecular flexibility index (Phi) is 9.13. The Balaban J connectivity index is 1.13. The van der Waals surface area contributed by atoms with Crippen molar-refractivity contribution in [1.82, 2.24) is 9.80 Å². The van der Waals surface area contributed by atoms with Crippen LogP contribution in [0.15, 0.2) is 93.9 Å². The molecular weight excluding hydrogens is 716 g/mol. The van der Waals surface area contributed by atoms with E-state index < -0.39 is 0 Å². The van der Waals surface area contributed by atoms with E-state index in [4.69, 9.17) is 18.9 Å². The van der Waals surface area contributed by atoms with Crippen molar-refractivity contribution in [2.75, 3.05) is 39.8 Å². The van der Waals surface area contributed by atoms with Crippen LogP contribution in [0.4, 0.5) is 0 Å². The molecular formula is C36H32Br2N2O6.